The highest BCUT2D eigenvalue weighted by Crippen LogP contribution is 2.06. The van der Waals surface area contributed by atoms with E-state index in [1.54, 1.807) is 25.4 Å². The summed E-state index contributed by atoms with van der Waals surface area (Å²) in [5.41, 5.74) is 0.967. The molecule has 0 bridgehead atoms. The maximum atomic E-state index is 11.6. The zero-order chi connectivity index (χ0) is 13.4. The molecule has 0 aliphatic carbocycles. The highest BCUT2D eigenvalue weighted by Gasteiger charge is 2.20. The molecule has 1 aromatic rings. The van der Waals surface area contributed by atoms with E-state index >= 15 is 0 Å². The first-order chi connectivity index (χ1) is 8.63. The van der Waals surface area contributed by atoms with Crippen molar-refractivity contribution in [3.05, 3.63) is 30.1 Å². The molecule has 1 rings (SSSR count). The maximum absolute atomic E-state index is 11.6. The number of rotatable bonds is 8. The van der Waals surface area contributed by atoms with Crippen LogP contribution >= 0.6 is 0 Å². The fourth-order valence-electron chi connectivity index (χ4n) is 1.56. The minimum absolute atomic E-state index is 0.0799. The monoisotopic (exact) mass is 251 g/mol. The summed E-state index contributed by atoms with van der Waals surface area (Å²) in [6, 6.07) is 3.69. The summed E-state index contributed by atoms with van der Waals surface area (Å²) in [7, 11) is 0. The number of aromatic nitrogens is 1. The van der Waals surface area contributed by atoms with Gasteiger partial charge in [-0.1, -0.05) is 6.07 Å². The van der Waals surface area contributed by atoms with Gasteiger partial charge in [-0.25, -0.2) is 4.79 Å². The van der Waals surface area contributed by atoms with E-state index in [0.29, 0.717) is 12.8 Å². The van der Waals surface area contributed by atoms with Crippen LogP contribution in [0.5, 0.6) is 0 Å². The summed E-state index contributed by atoms with van der Waals surface area (Å²) < 4.78 is 4.99. The number of aryl methyl sites for hydroxylation is 1. The summed E-state index contributed by atoms with van der Waals surface area (Å²) in [6.45, 7) is 1.99. The Morgan fingerprint density at radius 1 is 1.50 bits per heavy atom. The Labute approximate surface area is 106 Å². The molecule has 18 heavy (non-hydrogen) atoms. The molecular weight excluding hydrogens is 234 g/mol. The van der Waals surface area contributed by atoms with Gasteiger partial charge in [0, 0.05) is 31.8 Å². The summed E-state index contributed by atoms with van der Waals surface area (Å²) in [4.78, 5) is 26.4. The van der Waals surface area contributed by atoms with Crippen molar-refractivity contribution in [1.29, 1.82) is 0 Å². The third kappa shape index (κ3) is 5.05. The molecule has 0 aliphatic rings. The molecule has 0 saturated carbocycles. The molecule has 0 spiro atoms. The van der Waals surface area contributed by atoms with Crippen LogP contribution < -0.4 is 0 Å². The Morgan fingerprint density at radius 3 is 2.83 bits per heavy atom. The molecule has 0 aromatic carbocycles. The number of carboxylic acid groups (broad SMARTS) is 1. The Bertz CT molecular complexity index is 391. The van der Waals surface area contributed by atoms with Crippen LogP contribution in [0, 0.1) is 0 Å². The molecule has 1 N–H and O–H groups in total. The lowest BCUT2D eigenvalue weighted by atomic mass is 10.1. The summed E-state index contributed by atoms with van der Waals surface area (Å²) >= 11 is 0. The lowest BCUT2D eigenvalue weighted by Crippen LogP contribution is -2.27. The number of pyridine rings is 1. The maximum Gasteiger partial charge on any atom is 0.333 e. The van der Waals surface area contributed by atoms with Crippen molar-refractivity contribution < 1.29 is 19.4 Å². The molecule has 0 saturated heterocycles. The minimum Gasteiger partial charge on any atom is -0.479 e. The standard InChI is InChI=1S/C13H17NO4/c1-2-18-12(13(16)17)8-11(15)6-5-10-4-3-7-14-9-10/h3-4,7,9,12H,2,5-6,8H2,1H3,(H,16,17). The predicted octanol–water partition coefficient (Wildman–Crippen LogP) is 1.46. The number of Topliss-reactive ketones (excluding diaryl/α,β-unsaturated/α-hetero) is 1. The Hall–Kier alpha value is -1.75. The third-order valence-corrected chi connectivity index (χ3v) is 2.47. The van der Waals surface area contributed by atoms with Crippen LogP contribution in [0.3, 0.4) is 0 Å². The van der Waals surface area contributed by atoms with E-state index in [1.807, 2.05) is 6.07 Å². The van der Waals surface area contributed by atoms with Crippen molar-refractivity contribution in [2.75, 3.05) is 6.61 Å². The Kier molecular flexibility index (Phi) is 6.00. The predicted molar refractivity (Wildman–Crippen MR) is 65.2 cm³/mol. The molecule has 1 atom stereocenters. The molecule has 0 amide bonds. The fourth-order valence-corrected chi connectivity index (χ4v) is 1.56. The van der Waals surface area contributed by atoms with Crippen molar-refractivity contribution >= 4 is 11.8 Å². The first kappa shape index (κ1) is 14.3. The first-order valence-corrected chi connectivity index (χ1v) is 5.88. The number of carbonyl (C=O) groups excluding carboxylic acids is 1. The molecule has 1 heterocycles. The van der Waals surface area contributed by atoms with E-state index in [2.05, 4.69) is 4.98 Å². The van der Waals surface area contributed by atoms with Crippen LogP contribution in [0.4, 0.5) is 0 Å². The van der Waals surface area contributed by atoms with Crippen LogP contribution in [-0.2, 0) is 20.7 Å². The lowest BCUT2D eigenvalue weighted by molar-refractivity contribution is -0.152. The van der Waals surface area contributed by atoms with Crippen molar-refractivity contribution in [3.63, 3.8) is 0 Å². The second-order valence-corrected chi connectivity index (χ2v) is 3.89. The summed E-state index contributed by atoms with van der Waals surface area (Å²) in [5, 5.41) is 8.85. The van der Waals surface area contributed by atoms with Gasteiger partial charge in [-0.05, 0) is 25.0 Å². The van der Waals surface area contributed by atoms with E-state index in [1.165, 1.54) is 0 Å². The number of carbonyl (C=O) groups is 2. The fraction of sp³-hybridized carbons (Fsp3) is 0.462. The molecule has 0 fully saturated rings. The quantitative estimate of drug-likeness (QED) is 0.757. The molecule has 5 nitrogen and oxygen atoms in total. The molecule has 0 aliphatic heterocycles. The highest BCUT2D eigenvalue weighted by atomic mass is 16.5. The van der Waals surface area contributed by atoms with E-state index < -0.39 is 12.1 Å². The van der Waals surface area contributed by atoms with Gasteiger partial charge < -0.3 is 9.84 Å². The van der Waals surface area contributed by atoms with Crippen LogP contribution in [0.25, 0.3) is 0 Å². The van der Waals surface area contributed by atoms with E-state index in [4.69, 9.17) is 9.84 Å². The SMILES string of the molecule is CCOC(CC(=O)CCc1cccnc1)C(=O)O. The number of nitrogens with zero attached hydrogens (tertiary/aromatic N) is 1. The molecule has 1 aromatic heterocycles. The van der Waals surface area contributed by atoms with Gasteiger partial charge in [0.25, 0.3) is 0 Å². The van der Waals surface area contributed by atoms with Crippen molar-refractivity contribution in [3.8, 4) is 0 Å². The minimum atomic E-state index is -1.09. The van der Waals surface area contributed by atoms with Gasteiger partial charge >= 0.3 is 5.97 Å². The van der Waals surface area contributed by atoms with E-state index in [9.17, 15) is 9.59 Å². The normalized spacial score (nSPS) is 12.1. The van der Waals surface area contributed by atoms with Crippen LogP contribution in [-0.4, -0.2) is 34.6 Å². The van der Waals surface area contributed by atoms with Crippen molar-refractivity contribution in [1.82, 2.24) is 4.98 Å². The number of ether oxygens (including phenoxy) is 1. The van der Waals surface area contributed by atoms with Gasteiger partial charge in [0.1, 0.15) is 5.78 Å². The Balaban J connectivity index is 2.39. The third-order valence-electron chi connectivity index (χ3n) is 2.47. The zero-order valence-electron chi connectivity index (χ0n) is 10.3. The smallest absolute Gasteiger partial charge is 0.333 e. The van der Waals surface area contributed by atoms with Gasteiger partial charge in [0.2, 0.25) is 0 Å². The molecule has 1 unspecified atom stereocenters. The largest absolute Gasteiger partial charge is 0.479 e. The molecule has 98 valence electrons. The number of hydrogen-bond acceptors (Lipinski definition) is 4. The number of aliphatic carboxylic acids is 1. The second-order valence-electron chi connectivity index (χ2n) is 3.89. The number of hydrogen-bond donors (Lipinski definition) is 1. The van der Waals surface area contributed by atoms with Gasteiger partial charge in [-0.15, -0.1) is 0 Å². The summed E-state index contributed by atoms with van der Waals surface area (Å²) in [5.74, 6) is -1.20. The zero-order valence-corrected chi connectivity index (χ0v) is 10.3. The average molecular weight is 251 g/mol. The van der Waals surface area contributed by atoms with Gasteiger partial charge in [0.05, 0.1) is 0 Å². The average Bonchev–Trinajstić information content (AvgIpc) is 2.37. The van der Waals surface area contributed by atoms with E-state index in [0.717, 1.165) is 5.56 Å². The van der Waals surface area contributed by atoms with Crippen molar-refractivity contribution in [2.45, 2.75) is 32.3 Å². The van der Waals surface area contributed by atoms with Crippen molar-refractivity contribution in [2.24, 2.45) is 0 Å². The second kappa shape index (κ2) is 7.55. The number of ketones is 1. The van der Waals surface area contributed by atoms with Crippen LogP contribution in [0.1, 0.15) is 25.3 Å². The lowest BCUT2D eigenvalue weighted by Gasteiger charge is -2.11. The first-order valence-electron chi connectivity index (χ1n) is 5.88. The molecule has 5 heteroatoms. The van der Waals surface area contributed by atoms with Crippen LogP contribution in [0.15, 0.2) is 24.5 Å². The van der Waals surface area contributed by atoms with Gasteiger partial charge in [-0.2, -0.15) is 0 Å². The highest BCUT2D eigenvalue weighted by molar-refractivity contribution is 5.85. The van der Waals surface area contributed by atoms with Crippen LogP contribution in [0.2, 0.25) is 0 Å². The molecular formula is C13H17NO4. The summed E-state index contributed by atoms with van der Waals surface area (Å²) in [6.07, 6.45) is 3.14. The van der Waals surface area contributed by atoms with Gasteiger partial charge in [0.15, 0.2) is 6.10 Å². The Morgan fingerprint density at radius 2 is 2.28 bits per heavy atom. The topological polar surface area (TPSA) is 76.5 Å². The number of carboxylic acids is 1. The van der Waals surface area contributed by atoms with E-state index in [-0.39, 0.29) is 18.8 Å². The van der Waals surface area contributed by atoms with Gasteiger partial charge in [-0.3, -0.25) is 9.78 Å². The molecule has 0 radical (unpaired) electrons.